The highest BCUT2D eigenvalue weighted by Gasteiger charge is 2.17. The van der Waals surface area contributed by atoms with Crippen LogP contribution in [0.5, 0.6) is 5.75 Å². The fourth-order valence-corrected chi connectivity index (χ4v) is 2.70. The Balaban J connectivity index is 2.22. The lowest BCUT2D eigenvalue weighted by Gasteiger charge is -2.18. The van der Waals surface area contributed by atoms with Gasteiger partial charge in [-0.05, 0) is 62.2 Å². The number of ether oxygens (including phenoxy) is 1. The van der Waals surface area contributed by atoms with E-state index in [1.165, 1.54) is 5.56 Å². The molecule has 0 amide bonds. The Hall–Kier alpha value is -1.26. The lowest BCUT2D eigenvalue weighted by Crippen LogP contribution is -2.23. The van der Waals surface area contributed by atoms with Crippen molar-refractivity contribution >= 4 is 15.9 Å². The second kappa shape index (κ2) is 7.66. The van der Waals surface area contributed by atoms with E-state index in [4.69, 9.17) is 9.15 Å². The molecule has 0 bridgehead atoms. The molecule has 21 heavy (non-hydrogen) atoms. The van der Waals surface area contributed by atoms with Gasteiger partial charge in [-0.1, -0.05) is 22.9 Å². The predicted octanol–water partition coefficient (Wildman–Crippen LogP) is 4.64. The average molecular weight is 352 g/mol. The second-order valence-electron chi connectivity index (χ2n) is 5.12. The van der Waals surface area contributed by atoms with Crippen LogP contribution in [-0.4, -0.2) is 13.7 Å². The lowest BCUT2D eigenvalue weighted by atomic mass is 10.0. The summed E-state index contributed by atoms with van der Waals surface area (Å²) in [6.07, 6.45) is 1.94. The van der Waals surface area contributed by atoms with E-state index in [-0.39, 0.29) is 6.04 Å². The molecule has 0 aliphatic carbocycles. The van der Waals surface area contributed by atoms with Gasteiger partial charge in [0.2, 0.25) is 0 Å². The van der Waals surface area contributed by atoms with Gasteiger partial charge in [0.05, 0.1) is 13.2 Å². The number of methoxy groups -OCH3 is 1. The van der Waals surface area contributed by atoms with E-state index in [1.54, 1.807) is 7.11 Å². The van der Waals surface area contributed by atoms with Gasteiger partial charge in [0.25, 0.3) is 0 Å². The van der Waals surface area contributed by atoms with Gasteiger partial charge in [-0.25, -0.2) is 0 Å². The van der Waals surface area contributed by atoms with Crippen molar-refractivity contribution < 1.29 is 9.15 Å². The van der Waals surface area contributed by atoms with Crippen molar-refractivity contribution in [3.8, 4) is 5.75 Å². The smallest absolute Gasteiger partial charge is 0.121 e. The topological polar surface area (TPSA) is 34.4 Å². The quantitative estimate of drug-likeness (QED) is 0.788. The fourth-order valence-electron chi connectivity index (χ4n) is 2.29. The summed E-state index contributed by atoms with van der Waals surface area (Å²) in [6.45, 7) is 5.10. The number of aryl methyl sites for hydroxylation is 1. The predicted molar refractivity (Wildman–Crippen MR) is 88.9 cm³/mol. The number of hydrogen-bond acceptors (Lipinski definition) is 3. The minimum Gasteiger partial charge on any atom is -0.497 e. The first-order valence-electron chi connectivity index (χ1n) is 7.26. The van der Waals surface area contributed by atoms with E-state index in [0.29, 0.717) is 0 Å². The molecule has 0 aliphatic rings. The maximum atomic E-state index is 5.80. The van der Waals surface area contributed by atoms with Gasteiger partial charge >= 0.3 is 0 Å². The van der Waals surface area contributed by atoms with Crippen LogP contribution in [0.3, 0.4) is 0 Å². The molecule has 0 saturated carbocycles. The zero-order valence-electron chi connectivity index (χ0n) is 12.8. The number of rotatable bonds is 7. The zero-order valence-corrected chi connectivity index (χ0v) is 14.4. The number of benzene rings is 1. The summed E-state index contributed by atoms with van der Waals surface area (Å²) >= 11 is 3.62. The van der Waals surface area contributed by atoms with E-state index in [1.807, 2.05) is 25.1 Å². The molecule has 2 aromatic rings. The Morgan fingerprint density at radius 2 is 2.10 bits per heavy atom. The van der Waals surface area contributed by atoms with Gasteiger partial charge in [0.1, 0.15) is 17.3 Å². The minimum absolute atomic E-state index is 0.169. The highest BCUT2D eigenvalue weighted by molar-refractivity contribution is 9.10. The van der Waals surface area contributed by atoms with Gasteiger partial charge < -0.3 is 14.5 Å². The maximum Gasteiger partial charge on any atom is 0.121 e. The Bertz CT molecular complexity index is 580. The van der Waals surface area contributed by atoms with Crippen LogP contribution in [0.4, 0.5) is 0 Å². The third-order valence-corrected chi connectivity index (χ3v) is 4.20. The molecular weight excluding hydrogens is 330 g/mol. The molecule has 0 radical (unpaired) electrons. The first-order valence-corrected chi connectivity index (χ1v) is 8.05. The van der Waals surface area contributed by atoms with E-state index in [0.717, 1.165) is 41.1 Å². The van der Waals surface area contributed by atoms with Crippen LogP contribution in [0.15, 0.2) is 39.2 Å². The van der Waals surface area contributed by atoms with E-state index < -0.39 is 0 Å². The molecule has 1 aromatic carbocycles. The van der Waals surface area contributed by atoms with Gasteiger partial charge in [0.15, 0.2) is 0 Å². The Kier molecular flexibility index (Phi) is 5.88. The Morgan fingerprint density at radius 3 is 2.71 bits per heavy atom. The number of halogens is 1. The average Bonchev–Trinajstić information content (AvgIpc) is 2.91. The summed E-state index contributed by atoms with van der Waals surface area (Å²) < 4.78 is 12.2. The minimum atomic E-state index is 0.169. The monoisotopic (exact) mass is 351 g/mol. The van der Waals surface area contributed by atoms with Crippen LogP contribution in [0.2, 0.25) is 0 Å². The van der Waals surface area contributed by atoms with Gasteiger partial charge in [-0.3, -0.25) is 0 Å². The third kappa shape index (κ3) is 4.35. The van der Waals surface area contributed by atoms with Crippen LogP contribution in [0, 0.1) is 6.92 Å². The molecule has 114 valence electrons. The molecule has 1 aromatic heterocycles. The summed E-state index contributed by atoms with van der Waals surface area (Å²) in [7, 11) is 1.69. The van der Waals surface area contributed by atoms with Crippen molar-refractivity contribution in [3.63, 3.8) is 0 Å². The van der Waals surface area contributed by atoms with Crippen LogP contribution in [0.25, 0.3) is 0 Å². The van der Waals surface area contributed by atoms with Crippen LogP contribution in [0.1, 0.15) is 36.5 Å². The SMILES string of the molecule is CCCNC(Cc1cc(OC)ccc1Br)c1ccc(C)o1. The summed E-state index contributed by atoms with van der Waals surface area (Å²) in [4.78, 5) is 0. The van der Waals surface area contributed by atoms with Crippen molar-refractivity contribution in [3.05, 3.63) is 51.9 Å². The number of furan rings is 1. The Labute approximate surface area is 134 Å². The van der Waals surface area contributed by atoms with E-state index in [9.17, 15) is 0 Å². The van der Waals surface area contributed by atoms with Crippen LogP contribution >= 0.6 is 15.9 Å². The zero-order chi connectivity index (χ0) is 15.2. The second-order valence-corrected chi connectivity index (χ2v) is 5.97. The fraction of sp³-hybridized carbons (Fsp3) is 0.412. The van der Waals surface area contributed by atoms with Crippen molar-refractivity contribution in [2.75, 3.05) is 13.7 Å². The van der Waals surface area contributed by atoms with E-state index >= 15 is 0 Å². The van der Waals surface area contributed by atoms with Crippen LogP contribution < -0.4 is 10.1 Å². The summed E-state index contributed by atoms with van der Waals surface area (Å²) in [6, 6.07) is 10.3. The molecular formula is C17H22BrNO2. The first-order chi connectivity index (χ1) is 10.1. The molecule has 1 unspecified atom stereocenters. The molecule has 0 aliphatic heterocycles. The first kappa shape index (κ1) is 16.1. The van der Waals surface area contributed by atoms with Gasteiger partial charge in [-0.2, -0.15) is 0 Å². The molecule has 0 spiro atoms. The van der Waals surface area contributed by atoms with Crippen molar-refractivity contribution in [1.29, 1.82) is 0 Å². The summed E-state index contributed by atoms with van der Waals surface area (Å²) in [5, 5.41) is 3.56. The highest BCUT2D eigenvalue weighted by Crippen LogP contribution is 2.28. The number of hydrogen-bond donors (Lipinski definition) is 1. The maximum absolute atomic E-state index is 5.80. The Morgan fingerprint density at radius 1 is 1.29 bits per heavy atom. The molecule has 1 atom stereocenters. The number of nitrogens with one attached hydrogen (secondary N) is 1. The van der Waals surface area contributed by atoms with Crippen molar-refractivity contribution in [2.24, 2.45) is 0 Å². The molecule has 0 saturated heterocycles. The molecule has 1 N–H and O–H groups in total. The highest BCUT2D eigenvalue weighted by atomic mass is 79.9. The van der Waals surface area contributed by atoms with Gasteiger partial charge in [-0.15, -0.1) is 0 Å². The molecule has 4 heteroatoms. The lowest BCUT2D eigenvalue weighted by molar-refractivity contribution is 0.395. The van der Waals surface area contributed by atoms with Crippen molar-refractivity contribution in [1.82, 2.24) is 5.32 Å². The van der Waals surface area contributed by atoms with Crippen LogP contribution in [-0.2, 0) is 6.42 Å². The molecule has 1 heterocycles. The molecule has 0 fully saturated rings. The summed E-state index contributed by atoms with van der Waals surface area (Å²) in [5.41, 5.74) is 1.21. The van der Waals surface area contributed by atoms with Crippen molar-refractivity contribution in [2.45, 2.75) is 32.7 Å². The molecule has 3 nitrogen and oxygen atoms in total. The van der Waals surface area contributed by atoms with Gasteiger partial charge in [0, 0.05) is 4.47 Å². The van der Waals surface area contributed by atoms with E-state index in [2.05, 4.69) is 40.3 Å². The summed E-state index contributed by atoms with van der Waals surface area (Å²) in [5.74, 6) is 2.80. The normalized spacial score (nSPS) is 12.4. The third-order valence-electron chi connectivity index (χ3n) is 3.42. The largest absolute Gasteiger partial charge is 0.497 e. The molecule has 2 rings (SSSR count). The standard InChI is InChI=1S/C17H22BrNO2/c1-4-9-19-16(17-8-5-12(2)21-17)11-13-10-14(20-3)6-7-15(13)18/h5-8,10,16,19H,4,9,11H2,1-3H3.